The average Bonchev–Trinajstić information content (AvgIpc) is 2.29. The fourth-order valence-corrected chi connectivity index (χ4v) is 2.88. The van der Waals surface area contributed by atoms with Crippen LogP contribution in [0.3, 0.4) is 0 Å². The summed E-state index contributed by atoms with van der Waals surface area (Å²) in [6, 6.07) is 6.48. The van der Waals surface area contributed by atoms with E-state index in [1.54, 1.807) is 0 Å². The largest absolute Gasteiger partial charge is 0.389 e. The van der Waals surface area contributed by atoms with Crippen molar-refractivity contribution in [3.8, 4) is 0 Å². The normalized spacial score (nSPS) is 20.4. The molecule has 1 aromatic carbocycles. The monoisotopic (exact) mass is 314 g/mol. The van der Waals surface area contributed by atoms with Gasteiger partial charge in [-0.1, -0.05) is 12.2 Å². The molecule has 1 aliphatic rings. The second-order valence-corrected chi connectivity index (χ2v) is 5.44. The number of morpholine rings is 1. The maximum absolute atomic E-state index is 5.64. The lowest BCUT2D eigenvalue weighted by Gasteiger charge is -2.35. The van der Waals surface area contributed by atoms with Gasteiger partial charge in [-0.25, -0.2) is 0 Å². The van der Waals surface area contributed by atoms with Gasteiger partial charge in [0.2, 0.25) is 0 Å². The minimum absolute atomic E-state index is 0.395. The summed E-state index contributed by atoms with van der Waals surface area (Å²) in [5, 5.41) is 0. The van der Waals surface area contributed by atoms with E-state index >= 15 is 0 Å². The fourth-order valence-electron chi connectivity index (χ4n) is 1.99. The molecule has 1 unspecified atom stereocenters. The lowest BCUT2D eigenvalue weighted by Crippen LogP contribution is -2.43. The van der Waals surface area contributed by atoms with E-state index < -0.39 is 0 Å². The lowest BCUT2D eigenvalue weighted by molar-refractivity contribution is 0.0989. The second kappa shape index (κ2) is 5.33. The molecule has 1 heterocycles. The van der Waals surface area contributed by atoms with Crippen molar-refractivity contribution in [1.29, 1.82) is 0 Å². The van der Waals surface area contributed by atoms with Gasteiger partial charge in [0, 0.05) is 28.3 Å². The summed E-state index contributed by atoms with van der Waals surface area (Å²) in [5.74, 6) is 0. The third kappa shape index (κ3) is 2.78. The molecule has 1 atom stereocenters. The van der Waals surface area contributed by atoms with E-state index in [-0.39, 0.29) is 0 Å². The van der Waals surface area contributed by atoms with Crippen LogP contribution in [0, 0.1) is 0 Å². The Morgan fingerprint density at radius 2 is 2.35 bits per heavy atom. The van der Waals surface area contributed by atoms with E-state index in [1.807, 2.05) is 6.07 Å². The van der Waals surface area contributed by atoms with Gasteiger partial charge < -0.3 is 15.4 Å². The Morgan fingerprint density at radius 3 is 2.94 bits per heavy atom. The minimum Gasteiger partial charge on any atom is -0.389 e. The van der Waals surface area contributed by atoms with Crippen molar-refractivity contribution >= 4 is 38.8 Å². The zero-order chi connectivity index (χ0) is 12.4. The van der Waals surface area contributed by atoms with Crippen LogP contribution in [0.2, 0.25) is 0 Å². The number of anilines is 1. The van der Waals surface area contributed by atoms with Crippen molar-refractivity contribution in [2.45, 2.75) is 13.0 Å². The van der Waals surface area contributed by atoms with Crippen molar-refractivity contribution in [1.82, 2.24) is 0 Å². The molecule has 3 nitrogen and oxygen atoms in total. The molecule has 0 aromatic heterocycles. The van der Waals surface area contributed by atoms with Gasteiger partial charge in [-0.15, -0.1) is 0 Å². The van der Waals surface area contributed by atoms with E-state index in [2.05, 4.69) is 39.9 Å². The molecule has 17 heavy (non-hydrogen) atoms. The van der Waals surface area contributed by atoms with Crippen molar-refractivity contribution in [3.63, 3.8) is 0 Å². The first-order valence-electron chi connectivity index (χ1n) is 5.53. The van der Waals surface area contributed by atoms with Crippen molar-refractivity contribution in [2.75, 3.05) is 24.7 Å². The van der Waals surface area contributed by atoms with E-state index in [0.717, 1.165) is 29.8 Å². The Kier molecular flexibility index (Phi) is 4.01. The Labute approximate surface area is 115 Å². The predicted octanol–water partition coefficient (Wildman–Crippen LogP) is 2.31. The predicted molar refractivity (Wildman–Crippen MR) is 77.7 cm³/mol. The van der Waals surface area contributed by atoms with Gasteiger partial charge in [-0.05, 0) is 41.1 Å². The summed E-state index contributed by atoms with van der Waals surface area (Å²) >= 11 is 8.50. The molecule has 0 amide bonds. The van der Waals surface area contributed by atoms with Gasteiger partial charge in [0.05, 0.1) is 13.2 Å². The van der Waals surface area contributed by atoms with Crippen molar-refractivity contribution in [2.24, 2.45) is 5.73 Å². The maximum Gasteiger partial charge on any atom is 0.105 e. The van der Waals surface area contributed by atoms with Crippen LogP contribution in [0.5, 0.6) is 0 Å². The number of hydrogen-bond donors (Lipinski definition) is 1. The third-order valence-corrected chi connectivity index (χ3v) is 3.79. The number of ether oxygens (including phenoxy) is 1. The highest BCUT2D eigenvalue weighted by atomic mass is 79.9. The third-order valence-electron chi connectivity index (χ3n) is 2.92. The van der Waals surface area contributed by atoms with Crippen LogP contribution < -0.4 is 10.6 Å². The molecule has 5 heteroatoms. The quantitative estimate of drug-likeness (QED) is 0.850. The van der Waals surface area contributed by atoms with E-state index in [9.17, 15) is 0 Å². The summed E-state index contributed by atoms with van der Waals surface area (Å²) in [6.07, 6.45) is 0. The first-order valence-corrected chi connectivity index (χ1v) is 6.73. The van der Waals surface area contributed by atoms with Gasteiger partial charge in [0.25, 0.3) is 0 Å². The number of nitrogens with zero attached hydrogens (tertiary/aromatic N) is 1. The van der Waals surface area contributed by atoms with Crippen LogP contribution in [-0.4, -0.2) is 30.8 Å². The van der Waals surface area contributed by atoms with Crippen LogP contribution in [-0.2, 0) is 4.74 Å². The Morgan fingerprint density at radius 1 is 1.59 bits per heavy atom. The summed E-state index contributed by atoms with van der Waals surface area (Å²) < 4.78 is 6.38. The lowest BCUT2D eigenvalue weighted by atomic mass is 10.1. The molecule has 1 fully saturated rings. The minimum atomic E-state index is 0.395. The van der Waals surface area contributed by atoms with E-state index in [1.165, 1.54) is 5.69 Å². The van der Waals surface area contributed by atoms with Crippen LogP contribution in [0.25, 0.3) is 0 Å². The van der Waals surface area contributed by atoms with E-state index in [4.69, 9.17) is 22.7 Å². The Hall–Kier alpha value is -0.650. The molecule has 1 aromatic rings. The summed E-state index contributed by atoms with van der Waals surface area (Å²) in [5.41, 5.74) is 7.69. The Balaban J connectivity index is 2.27. The highest BCUT2D eigenvalue weighted by molar-refractivity contribution is 9.10. The number of rotatable bonds is 2. The molecule has 0 aliphatic carbocycles. The second-order valence-electron chi connectivity index (χ2n) is 4.15. The Bertz CT molecular complexity index is 439. The molecule has 2 rings (SSSR count). The SMILES string of the molecule is CC1COCCN1c1ccc(C(N)=S)c(Br)c1. The topological polar surface area (TPSA) is 38.5 Å². The summed E-state index contributed by atoms with van der Waals surface area (Å²) in [6.45, 7) is 4.63. The molecular formula is C12H15BrN2OS. The van der Waals surface area contributed by atoms with Crippen molar-refractivity contribution in [3.05, 3.63) is 28.2 Å². The molecular weight excluding hydrogens is 300 g/mol. The first-order chi connectivity index (χ1) is 8.09. The van der Waals surface area contributed by atoms with Gasteiger partial charge in [0.1, 0.15) is 4.99 Å². The molecule has 1 saturated heterocycles. The van der Waals surface area contributed by atoms with Gasteiger partial charge in [0.15, 0.2) is 0 Å². The van der Waals surface area contributed by atoms with Crippen LogP contribution in [0.4, 0.5) is 5.69 Å². The molecule has 0 bridgehead atoms. The molecule has 1 aliphatic heterocycles. The molecule has 0 radical (unpaired) electrons. The number of benzene rings is 1. The summed E-state index contributed by atoms with van der Waals surface area (Å²) in [4.78, 5) is 2.75. The van der Waals surface area contributed by atoms with Crippen LogP contribution in [0.15, 0.2) is 22.7 Å². The van der Waals surface area contributed by atoms with Crippen LogP contribution in [0.1, 0.15) is 12.5 Å². The summed E-state index contributed by atoms with van der Waals surface area (Å²) in [7, 11) is 0. The van der Waals surface area contributed by atoms with Gasteiger partial charge >= 0.3 is 0 Å². The molecule has 0 spiro atoms. The maximum atomic E-state index is 5.64. The molecule has 92 valence electrons. The highest BCUT2D eigenvalue weighted by Crippen LogP contribution is 2.26. The number of halogens is 1. The van der Waals surface area contributed by atoms with E-state index in [0.29, 0.717) is 11.0 Å². The number of hydrogen-bond acceptors (Lipinski definition) is 3. The average molecular weight is 315 g/mol. The number of nitrogens with two attached hydrogens (primary N) is 1. The van der Waals surface area contributed by atoms with Crippen molar-refractivity contribution < 1.29 is 4.74 Å². The number of thiocarbonyl (C=S) groups is 1. The van der Waals surface area contributed by atoms with Crippen LogP contribution >= 0.6 is 28.1 Å². The first kappa shape index (κ1) is 12.8. The standard InChI is InChI=1S/C12H15BrN2OS/c1-8-7-16-5-4-15(8)9-2-3-10(12(14)17)11(13)6-9/h2-3,6,8H,4-5,7H2,1H3,(H2,14,17). The smallest absolute Gasteiger partial charge is 0.105 e. The molecule has 2 N–H and O–H groups in total. The van der Waals surface area contributed by atoms with Gasteiger partial charge in [-0.2, -0.15) is 0 Å². The van der Waals surface area contributed by atoms with Gasteiger partial charge in [-0.3, -0.25) is 0 Å². The zero-order valence-corrected chi connectivity index (χ0v) is 12.1. The zero-order valence-electron chi connectivity index (χ0n) is 9.65. The fraction of sp³-hybridized carbons (Fsp3) is 0.417. The molecule has 0 saturated carbocycles. The highest BCUT2D eigenvalue weighted by Gasteiger charge is 2.19.